The summed E-state index contributed by atoms with van der Waals surface area (Å²) in [5, 5.41) is 2.69. The van der Waals surface area contributed by atoms with Gasteiger partial charge in [0.05, 0.1) is 0 Å². The van der Waals surface area contributed by atoms with Crippen molar-refractivity contribution in [3.63, 3.8) is 0 Å². The Hall–Kier alpha value is -0.588. The Bertz CT molecular complexity index is 299. The van der Waals surface area contributed by atoms with Crippen LogP contribution in [0.5, 0.6) is 0 Å². The van der Waals surface area contributed by atoms with Crippen LogP contribution in [-0.2, 0) is 4.79 Å². The van der Waals surface area contributed by atoms with Gasteiger partial charge in [0, 0.05) is 5.69 Å². The molecule has 0 N–H and O–H groups in total. The van der Waals surface area contributed by atoms with E-state index in [0.29, 0.717) is 11.1 Å². The molecule has 0 aliphatic heterocycles. The van der Waals surface area contributed by atoms with Gasteiger partial charge < -0.3 is 4.79 Å². The van der Waals surface area contributed by atoms with Crippen molar-refractivity contribution in [1.29, 1.82) is 0 Å². The summed E-state index contributed by atoms with van der Waals surface area (Å²) in [6.07, 6.45) is 1.69. The van der Waals surface area contributed by atoms with Crippen LogP contribution < -0.4 is 0 Å². The quantitative estimate of drug-likeness (QED) is 0.575. The molecule has 0 heterocycles. The van der Waals surface area contributed by atoms with E-state index in [0.717, 1.165) is 0 Å². The maximum Gasteiger partial charge on any atom is 2.00 e. The predicted octanol–water partition coefficient (Wildman–Crippen LogP) is 1.72. The number of rotatable bonds is 2. The number of nitrogens with zero attached hydrogens (tertiary/aromatic N) is 1. The molecule has 0 amide bonds. The van der Waals surface area contributed by atoms with Crippen LogP contribution in [0.2, 0.25) is 0 Å². The Kier molecular flexibility index (Phi) is 4.88. The second-order valence-electron chi connectivity index (χ2n) is 2.03. The fourth-order valence-corrected chi connectivity index (χ4v) is 0.736. The Morgan fingerprint density at radius 1 is 1.42 bits per heavy atom. The number of benzene rings is 1. The average molecular weight is 385 g/mol. The molecule has 0 radical (unpaired) electrons. The van der Waals surface area contributed by atoms with E-state index in [2.05, 4.69) is 12.1 Å². The zero-order valence-corrected chi connectivity index (χ0v) is 10.4. The van der Waals surface area contributed by atoms with E-state index in [1.54, 1.807) is 6.29 Å². The zero-order chi connectivity index (χ0) is 8.27. The first kappa shape index (κ1) is 11.4. The minimum absolute atomic E-state index is 0. The van der Waals surface area contributed by atoms with Crippen LogP contribution in [0.15, 0.2) is 23.4 Å². The van der Waals surface area contributed by atoms with E-state index >= 15 is 0 Å². The van der Waals surface area contributed by atoms with Gasteiger partial charge in [0.25, 0.3) is 0 Å². The summed E-state index contributed by atoms with van der Waals surface area (Å²) in [6.45, 7) is 3.54. The van der Waals surface area contributed by atoms with Gasteiger partial charge in [0.2, 0.25) is 0 Å². The molecule has 12 heavy (non-hydrogen) atoms. The summed E-state index contributed by atoms with van der Waals surface area (Å²) in [6, 6.07) is 4.35. The van der Waals surface area contributed by atoms with E-state index in [1.165, 1.54) is 18.2 Å². The Morgan fingerprint density at radius 2 is 2.08 bits per heavy atom. The molecule has 0 unspecified atom stereocenters. The SMILES string of the molecule is [CH2-]c1cc(N=O)ccc1[C-]=O.[U+2]. The Balaban J connectivity index is 0.00000121. The third-order valence-corrected chi connectivity index (χ3v) is 1.30. The predicted molar refractivity (Wildman–Crippen MR) is 41.2 cm³/mol. The molecular weight excluding hydrogens is 380 g/mol. The van der Waals surface area contributed by atoms with E-state index in [4.69, 9.17) is 0 Å². The third-order valence-electron chi connectivity index (χ3n) is 1.30. The summed E-state index contributed by atoms with van der Waals surface area (Å²) in [5.41, 5.74) is 1.10. The number of hydrogen-bond acceptors (Lipinski definition) is 3. The van der Waals surface area contributed by atoms with E-state index in [-0.39, 0.29) is 36.8 Å². The molecule has 1 aromatic rings. The van der Waals surface area contributed by atoms with Gasteiger partial charge >= 0.3 is 31.1 Å². The van der Waals surface area contributed by atoms with Crippen molar-refractivity contribution in [3.05, 3.63) is 41.2 Å². The van der Waals surface area contributed by atoms with Gasteiger partial charge in [-0.05, 0) is 11.5 Å². The summed E-state index contributed by atoms with van der Waals surface area (Å²) < 4.78 is 0. The van der Waals surface area contributed by atoms with Crippen molar-refractivity contribution in [2.45, 2.75) is 0 Å². The molecule has 1 aromatic carbocycles. The third kappa shape index (κ3) is 2.47. The standard InChI is InChI=1S/C8H5NO2.U/c1-6-4-8(9-11)3-2-7(6)5-10;/h2-4H,1H2;/q-2;+2. The molecule has 0 fully saturated rings. The van der Waals surface area contributed by atoms with E-state index in [9.17, 15) is 9.70 Å². The van der Waals surface area contributed by atoms with Crippen molar-refractivity contribution >= 4 is 12.0 Å². The Labute approximate surface area is 93.9 Å². The Morgan fingerprint density at radius 3 is 2.50 bits per heavy atom. The molecule has 3 nitrogen and oxygen atoms in total. The largest absolute Gasteiger partial charge is 2.00 e. The topological polar surface area (TPSA) is 46.5 Å². The molecule has 58 valence electrons. The van der Waals surface area contributed by atoms with Crippen LogP contribution in [0.4, 0.5) is 5.69 Å². The van der Waals surface area contributed by atoms with Gasteiger partial charge in [-0.3, -0.25) is 18.1 Å². The summed E-state index contributed by atoms with van der Waals surface area (Å²) >= 11 is 0. The van der Waals surface area contributed by atoms with Gasteiger partial charge in [0.15, 0.2) is 0 Å². The van der Waals surface area contributed by atoms with Gasteiger partial charge in [-0.15, -0.1) is 11.0 Å². The van der Waals surface area contributed by atoms with Crippen LogP contribution in [0.25, 0.3) is 0 Å². The minimum atomic E-state index is 0. The second kappa shape index (κ2) is 5.13. The molecule has 0 aromatic heterocycles. The first-order valence-electron chi connectivity index (χ1n) is 2.95. The van der Waals surface area contributed by atoms with Crippen LogP contribution in [0, 0.1) is 42.9 Å². The average Bonchev–Trinajstić information content (AvgIpc) is 2.04. The van der Waals surface area contributed by atoms with Gasteiger partial charge in [0.1, 0.15) is 0 Å². The normalized spacial score (nSPS) is 8.33. The minimum Gasteiger partial charge on any atom is -0.391 e. The van der Waals surface area contributed by atoms with Crippen LogP contribution in [0.3, 0.4) is 0 Å². The molecule has 0 aliphatic rings. The molecule has 4 heteroatoms. The maximum absolute atomic E-state index is 10.2. The molecule has 1 rings (SSSR count). The first-order chi connectivity index (χ1) is 5.27. The molecule has 0 saturated carbocycles. The summed E-state index contributed by atoms with van der Waals surface area (Å²) in [7, 11) is 0. The van der Waals surface area contributed by atoms with Crippen LogP contribution >= 0.6 is 0 Å². The summed E-state index contributed by atoms with van der Waals surface area (Å²) in [4.78, 5) is 20.1. The van der Waals surface area contributed by atoms with Crippen molar-refractivity contribution in [3.8, 4) is 0 Å². The van der Waals surface area contributed by atoms with Gasteiger partial charge in [-0.1, -0.05) is 0 Å². The molecule has 0 spiro atoms. The molecule has 0 aliphatic carbocycles. The first-order valence-corrected chi connectivity index (χ1v) is 2.95. The van der Waals surface area contributed by atoms with Crippen molar-refractivity contribution < 1.29 is 35.9 Å². The molecule has 0 saturated heterocycles. The number of nitroso groups, excluding NO2 is 1. The van der Waals surface area contributed by atoms with Crippen molar-refractivity contribution in [2.75, 3.05) is 0 Å². The fraction of sp³-hybridized carbons (Fsp3) is 0. The van der Waals surface area contributed by atoms with E-state index < -0.39 is 0 Å². The van der Waals surface area contributed by atoms with Crippen molar-refractivity contribution in [2.24, 2.45) is 5.18 Å². The number of carbonyl (C=O) groups excluding carboxylic acids is 1. The monoisotopic (exact) mass is 385 g/mol. The van der Waals surface area contributed by atoms with E-state index in [1.807, 2.05) is 0 Å². The second-order valence-corrected chi connectivity index (χ2v) is 2.03. The maximum atomic E-state index is 10.2. The van der Waals surface area contributed by atoms with Gasteiger partial charge in [-0.2, -0.15) is 6.07 Å². The zero-order valence-electron chi connectivity index (χ0n) is 6.20. The van der Waals surface area contributed by atoms with Crippen molar-refractivity contribution in [1.82, 2.24) is 0 Å². The number of hydrogen-bond donors (Lipinski definition) is 0. The van der Waals surface area contributed by atoms with Gasteiger partial charge in [-0.25, -0.2) is 6.07 Å². The van der Waals surface area contributed by atoms with Crippen LogP contribution in [-0.4, -0.2) is 6.29 Å². The molecular formula is C8H5NO2U. The molecule has 0 bridgehead atoms. The van der Waals surface area contributed by atoms with Crippen LogP contribution in [0.1, 0.15) is 11.1 Å². The smallest absolute Gasteiger partial charge is 0.391 e. The summed E-state index contributed by atoms with van der Waals surface area (Å²) in [5.74, 6) is 0. The fourth-order valence-electron chi connectivity index (χ4n) is 0.736. The molecule has 0 atom stereocenters.